The van der Waals surface area contributed by atoms with Crippen molar-refractivity contribution in [2.75, 3.05) is 18.0 Å². The molecule has 3 rings (SSSR count). The van der Waals surface area contributed by atoms with E-state index in [0.717, 1.165) is 35.2 Å². The number of fused-ring (bicyclic) bond motifs is 1. The number of rotatable bonds is 1. The summed E-state index contributed by atoms with van der Waals surface area (Å²) in [4.78, 5) is 13.6. The van der Waals surface area contributed by atoms with Crippen molar-refractivity contribution in [2.24, 2.45) is 0 Å². The Morgan fingerprint density at radius 3 is 2.72 bits per heavy atom. The van der Waals surface area contributed by atoms with Gasteiger partial charge in [0.2, 0.25) is 0 Å². The van der Waals surface area contributed by atoms with Gasteiger partial charge in [-0.05, 0) is 13.3 Å². The largest absolute Gasteiger partial charge is 0.347 e. The first-order valence-corrected chi connectivity index (χ1v) is 6.24. The van der Waals surface area contributed by atoms with Crippen LogP contribution in [-0.2, 0) is 4.79 Å². The first-order chi connectivity index (χ1) is 8.75. The second kappa shape index (κ2) is 4.37. The fraction of sp³-hybridized carbons (Fsp3) is 0.357. The van der Waals surface area contributed by atoms with Crippen molar-refractivity contribution >= 4 is 22.4 Å². The third-order valence-electron chi connectivity index (χ3n) is 3.40. The molecule has 0 spiro atoms. The molecule has 1 aliphatic rings. The summed E-state index contributed by atoms with van der Waals surface area (Å²) in [5.41, 5.74) is 0.928. The van der Waals surface area contributed by atoms with Crippen LogP contribution in [0.15, 0.2) is 24.3 Å². The smallest absolute Gasteiger partial charge is 0.159 e. The van der Waals surface area contributed by atoms with Gasteiger partial charge in [0.15, 0.2) is 11.6 Å². The maximum atomic E-state index is 11.6. The van der Waals surface area contributed by atoms with Crippen LogP contribution in [0, 0.1) is 6.92 Å². The van der Waals surface area contributed by atoms with Crippen LogP contribution in [0.2, 0.25) is 0 Å². The van der Waals surface area contributed by atoms with E-state index in [0.29, 0.717) is 13.0 Å². The summed E-state index contributed by atoms with van der Waals surface area (Å²) in [6.07, 6.45) is 1.59. The van der Waals surface area contributed by atoms with Gasteiger partial charge in [0.1, 0.15) is 0 Å². The SMILES string of the molecule is Cc1nnc(N2CCCC(=O)C2)c2ccccc12. The molecule has 0 radical (unpaired) electrons. The quantitative estimate of drug-likeness (QED) is 0.767. The summed E-state index contributed by atoms with van der Waals surface area (Å²) in [5.74, 6) is 1.12. The number of aryl methyl sites for hydroxylation is 1. The summed E-state index contributed by atoms with van der Waals surface area (Å²) >= 11 is 0. The van der Waals surface area contributed by atoms with Crippen molar-refractivity contribution in [1.82, 2.24) is 10.2 Å². The average molecular weight is 241 g/mol. The number of hydrogen-bond donors (Lipinski definition) is 0. The standard InChI is InChI=1S/C14H15N3O/c1-10-12-6-2-3-7-13(12)14(16-15-10)17-8-4-5-11(18)9-17/h2-3,6-7H,4-5,8-9H2,1H3. The lowest BCUT2D eigenvalue weighted by molar-refractivity contribution is -0.118. The number of anilines is 1. The Morgan fingerprint density at radius 2 is 1.94 bits per heavy atom. The van der Waals surface area contributed by atoms with Gasteiger partial charge in [-0.1, -0.05) is 24.3 Å². The molecule has 0 amide bonds. The van der Waals surface area contributed by atoms with Gasteiger partial charge in [-0.25, -0.2) is 0 Å². The number of benzene rings is 1. The minimum atomic E-state index is 0.285. The maximum Gasteiger partial charge on any atom is 0.159 e. The lowest BCUT2D eigenvalue weighted by Crippen LogP contribution is -2.36. The molecule has 1 aliphatic heterocycles. The number of carbonyl (C=O) groups is 1. The fourth-order valence-corrected chi connectivity index (χ4v) is 2.48. The van der Waals surface area contributed by atoms with Crippen molar-refractivity contribution in [3.05, 3.63) is 30.0 Å². The number of Topliss-reactive ketones (excluding diaryl/α,β-unsaturated/α-hetero) is 1. The zero-order valence-corrected chi connectivity index (χ0v) is 10.4. The van der Waals surface area contributed by atoms with Crippen LogP contribution in [0.5, 0.6) is 0 Å². The highest BCUT2D eigenvalue weighted by molar-refractivity contribution is 5.95. The molecule has 0 atom stereocenters. The van der Waals surface area contributed by atoms with Gasteiger partial charge < -0.3 is 4.90 Å². The molecule has 0 saturated carbocycles. The monoisotopic (exact) mass is 241 g/mol. The Labute approximate surface area is 106 Å². The molecule has 92 valence electrons. The molecular formula is C14H15N3O. The molecule has 1 aromatic heterocycles. The second-order valence-electron chi connectivity index (χ2n) is 4.72. The summed E-state index contributed by atoms with van der Waals surface area (Å²) < 4.78 is 0. The Morgan fingerprint density at radius 1 is 1.17 bits per heavy atom. The molecule has 0 aliphatic carbocycles. The Kier molecular flexibility index (Phi) is 2.70. The summed E-state index contributed by atoms with van der Waals surface area (Å²) in [6, 6.07) is 8.10. The molecule has 0 bridgehead atoms. The van der Waals surface area contributed by atoms with Crippen LogP contribution in [0.4, 0.5) is 5.82 Å². The Balaban J connectivity index is 2.11. The molecule has 2 heterocycles. The van der Waals surface area contributed by atoms with Crippen LogP contribution >= 0.6 is 0 Å². The van der Waals surface area contributed by atoms with E-state index in [-0.39, 0.29) is 5.78 Å². The van der Waals surface area contributed by atoms with Gasteiger partial charge in [0.25, 0.3) is 0 Å². The zero-order chi connectivity index (χ0) is 12.5. The predicted molar refractivity (Wildman–Crippen MR) is 70.7 cm³/mol. The molecule has 0 N–H and O–H groups in total. The van der Waals surface area contributed by atoms with E-state index >= 15 is 0 Å². The van der Waals surface area contributed by atoms with Crippen LogP contribution in [0.3, 0.4) is 0 Å². The highest BCUT2D eigenvalue weighted by Crippen LogP contribution is 2.26. The van der Waals surface area contributed by atoms with Gasteiger partial charge in [0.05, 0.1) is 12.2 Å². The van der Waals surface area contributed by atoms with Crippen LogP contribution in [-0.4, -0.2) is 29.1 Å². The van der Waals surface area contributed by atoms with E-state index in [2.05, 4.69) is 16.3 Å². The molecule has 4 nitrogen and oxygen atoms in total. The highest BCUT2D eigenvalue weighted by atomic mass is 16.1. The lowest BCUT2D eigenvalue weighted by Gasteiger charge is -2.27. The van der Waals surface area contributed by atoms with Crippen molar-refractivity contribution in [1.29, 1.82) is 0 Å². The van der Waals surface area contributed by atoms with Crippen molar-refractivity contribution < 1.29 is 4.79 Å². The third-order valence-corrected chi connectivity index (χ3v) is 3.40. The van der Waals surface area contributed by atoms with Crippen molar-refractivity contribution in [3.8, 4) is 0 Å². The van der Waals surface area contributed by atoms with E-state index in [1.165, 1.54) is 0 Å². The second-order valence-corrected chi connectivity index (χ2v) is 4.72. The van der Waals surface area contributed by atoms with E-state index < -0.39 is 0 Å². The lowest BCUT2D eigenvalue weighted by atomic mass is 10.1. The molecule has 4 heteroatoms. The molecule has 1 saturated heterocycles. The highest BCUT2D eigenvalue weighted by Gasteiger charge is 2.20. The number of nitrogens with zero attached hydrogens (tertiary/aromatic N) is 3. The summed E-state index contributed by atoms with van der Waals surface area (Å²) in [7, 11) is 0. The van der Waals surface area contributed by atoms with Crippen molar-refractivity contribution in [3.63, 3.8) is 0 Å². The van der Waals surface area contributed by atoms with Gasteiger partial charge >= 0.3 is 0 Å². The van der Waals surface area contributed by atoms with Gasteiger partial charge in [-0.2, -0.15) is 5.10 Å². The number of aromatic nitrogens is 2. The third kappa shape index (κ3) is 1.83. The Bertz CT molecular complexity index is 609. The summed E-state index contributed by atoms with van der Waals surface area (Å²) in [5, 5.41) is 10.7. The first kappa shape index (κ1) is 11.1. The molecule has 18 heavy (non-hydrogen) atoms. The number of carbonyl (C=O) groups excluding carboxylic acids is 1. The van der Waals surface area contributed by atoms with Crippen LogP contribution in [0.25, 0.3) is 10.8 Å². The predicted octanol–water partition coefficient (Wildman–Crippen LogP) is 2.11. The first-order valence-electron chi connectivity index (χ1n) is 6.24. The van der Waals surface area contributed by atoms with Crippen molar-refractivity contribution in [2.45, 2.75) is 19.8 Å². The van der Waals surface area contributed by atoms with E-state index in [1.54, 1.807) is 0 Å². The van der Waals surface area contributed by atoms with E-state index in [9.17, 15) is 4.79 Å². The number of piperidine rings is 1. The minimum absolute atomic E-state index is 0.285. The average Bonchev–Trinajstić information content (AvgIpc) is 2.39. The fourth-order valence-electron chi connectivity index (χ4n) is 2.48. The van der Waals surface area contributed by atoms with Gasteiger partial charge in [0, 0.05) is 23.7 Å². The number of ketones is 1. The molecule has 1 aromatic carbocycles. The zero-order valence-electron chi connectivity index (χ0n) is 10.4. The summed E-state index contributed by atoms with van der Waals surface area (Å²) in [6.45, 7) is 3.30. The van der Waals surface area contributed by atoms with Crippen LogP contribution in [0.1, 0.15) is 18.5 Å². The van der Waals surface area contributed by atoms with E-state index in [1.807, 2.05) is 30.0 Å². The number of hydrogen-bond acceptors (Lipinski definition) is 4. The van der Waals surface area contributed by atoms with Gasteiger partial charge in [-0.15, -0.1) is 5.10 Å². The molecule has 0 unspecified atom stereocenters. The van der Waals surface area contributed by atoms with Crippen LogP contribution < -0.4 is 4.90 Å². The normalized spacial score (nSPS) is 16.3. The van der Waals surface area contributed by atoms with E-state index in [4.69, 9.17) is 0 Å². The van der Waals surface area contributed by atoms with Gasteiger partial charge in [-0.3, -0.25) is 4.79 Å². The molecular weight excluding hydrogens is 226 g/mol. The minimum Gasteiger partial charge on any atom is -0.347 e. The molecule has 1 fully saturated rings. The molecule has 2 aromatic rings. The topological polar surface area (TPSA) is 46.1 Å². The Hall–Kier alpha value is -1.97. The maximum absolute atomic E-state index is 11.6.